The van der Waals surface area contributed by atoms with Gasteiger partial charge in [0.2, 0.25) is 5.88 Å². The number of amides is 1. The molecular weight excluding hydrogens is 428 g/mol. The van der Waals surface area contributed by atoms with E-state index >= 15 is 0 Å². The third-order valence-electron chi connectivity index (χ3n) is 4.85. The fourth-order valence-electron chi connectivity index (χ4n) is 3.24. The van der Waals surface area contributed by atoms with E-state index in [4.69, 9.17) is 14.9 Å². The molecular formula is C23H28N4O6. The molecule has 0 radical (unpaired) electrons. The molecule has 33 heavy (non-hydrogen) atoms. The first-order valence-corrected chi connectivity index (χ1v) is 10.4. The van der Waals surface area contributed by atoms with Crippen LogP contribution in [0.1, 0.15) is 34.6 Å². The van der Waals surface area contributed by atoms with Crippen LogP contribution in [0.2, 0.25) is 0 Å². The van der Waals surface area contributed by atoms with E-state index in [0.29, 0.717) is 29.4 Å². The van der Waals surface area contributed by atoms with Crippen LogP contribution in [0.15, 0.2) is 48.7 Å². The lowest BCUT2D eigenvalue weighted by molar-refractivity contribution is -0.134. The number of methoxy groups -OCH3 is 1. The number of hydrogen-bond acceptors (Lipinski definition) is 7. The minimum atomic E-state index is -1.26. The minimum Gasteiger partial charge on any atom is -0.480 e. The van der Waals surface area contributed by atoms with E-state index in [1.165, 1.54) is 18.9 Å². The average molecular weight is 456 g/mol. The van der Waals surface area contributed by atoms with E-state index in [0.717, 1.165) is 32.5 Å². The molecule has 176 valence electrons. The number of carboxylic acid groups (broad SMARTS) is 2. The SMILES string of the molecule is COc1nc(C)ncc1C(=O)NC1CCN(Cc2ccccc2)CC1.O=C(O)/C=C/C(=O)O. The lowest BCUT2D eigenvalue weighted by Gasteiger charge is -2.32. The molecule has 3 N–H and O–H groups in total. The highest BCUT2D eigenvalue weighted by atomic mass is 16.5. The number of ether oxygens (including phenoxy) is 1. The van der Waals surface area contributed by atoms with Crippen molar-refractivity contribution < 1.29 is 29.3 Å². The first-order valence-electron chi connectivity index (χ1n) is 10.4. The largest absolute Gasteiger partial charge is 0.480 e. The summed E-state index contributed by atoms with van der Waals surface area (Å²) < 4.78 is 5.20. The maximum absolute atomic E-state index is 12.5. The Kier molecular flexibility index (Phi) is 9.97. The van der Waals surface area contributed by atoms with Crippen LogP contribution in [0.25, 0.3) is 0 Å². The molecule has 1 amide bonds. The summed E-state index contributed by atoms with van der Waals surface area (Å²) in [6, 6.07) is 10.6. The fourth-order valence-corrected chi connectivity index (χ4v) is 3.24. The zero-order valence-electron chi connectivity index (χ0n) is 18.6. The van der Waals surface area contributed by atoms with Crippen LogP contribution in [0, 0.1) is 6.92 Å². The number of likely N-dealkylation sites (tertiary alicyclic amines) is 1. The van der Waals surface area contributed by atoms with E-state index in [-0.39, 0.29) is 11.9 Å². The Morgan fingerprint density at radius 2 is 1.73 bits per heavy atom. The number of aliphatic carboxylic acids is 2. The second kappa shape index (κ2) is 12.9. The Bertz CT molecular complexity index is 956. The molecule has 1 aliphatic heterocycles. The Morgan fingerprint density at radius 3 is 2.27 bits per heavy atom. The molecule has 0 unspecified atom stereocenters. The molecule has 0 saturated carbocycles. The third-order valence-corrected chi connectivity index (χ3v) is 4.85. The monoisotopic (exact) mass is 456 g/mol. The summed E-state index contributed by atoms with van der Waals surface area (Å²) in [7, 11) is 1.51. The number of carbonyl (C=O) groups excluding carboxylic acids is 1. The highest BCUT2D eigenvalue weighted by Gasteiger charge is 2.23. The van der Waals surface area contributed by atoms with Crippen molar-refractivity contribution in [3.05, 3.63) is 65.6 Å². The molecule has 0 atom stereocenters. The van der Waals surface area contributed by atoms with Crippen molar-refractivity contribution >= 4 is 17.8 Å². The summed E-state index contributed by atoms with van der Waals surface area (Å²) >= 11 is 0. The van der Waals surface area contributed by atoms with Gasteiger partial charge in [-0.1, -0.05) is 30.3 Å². The molecule has 2 heterocycles. The summed E-state index contributed by atoms with van der Waals surface area (Å²) in [6.07, 6.45) is 4.52. The molecule has 3 rings (SSSR count). The normalized spacial score (nSPS) is 14.2. The molecule has 2 aromatic rings. The van der Waals surface area contributed by atoms with Gasteiger partial charge in [0.1, 0.15) is 11.4 Å². The van der Waals surface area contributed by atoms with E-state index in [9.17, 15) is 14.4 Å². The van der Waals surface area contributed by atoms with Gasteiger partial charge in [-0.15, -0.1) is 0 Å². The lowest BCUT2D eigenvalue weighted by atomic mass is 10.0. The lowest BCUT2D eigenvalue weighted by Crippen LogP contribution is -2.44. The molecule has 0 aliphatic carbocycles. The predicted molar refractivity (Wildman–Crippen MR) is 120 cm³/mol. The number of benzene rings is 1. The molecule has 10 heteroatoms. The van der Waals surface area contributed by atoms with Crippen molar-refractivity contribution in [1.82, 2.24) is 20.2 Å². The molecule has 1 aromatic carbocycles. The third kappa shape index (κ3) is 9.08. The number of hydrogen-bond donors (Lipinski definition) is 3. The summed E-state index contributed by atoms with van der Waals surface area (Å²) in [5.74, 6) is -1.77. The van der Waals surface area contributed by atoms with Gasteiger partial charge in [0.05, 0.1) is 7.11 Å². The number of aromatic nitrogens is 2. The maximum atomic E-state index is 12.5. The van der Waals surface area contributed by atoms with Crippen molar-refractivity contribution in [1.29, 1.82) is 0 Å². The quantitative estimate of drug-likeness (QED) is 0.532. The minimum absolute atomic E-state index is 0.168. The summed E-state index contributed by atoms with van der Waals surface area (Å²) in [5.41, 5.74) is 1.71. The number of carboxylic acids is 2. The van der Waals surface area contributed by atoms with Crippen LogP contribution in [0.3, 0.4) is 0 Å². The highest BCUT2D eigenvalue weighted by molar-refractivity contribution is 5.96. The maximum Gasteiger partial charge on any atom is 0.328 e. The average Bonchev–Trinajstić information content (AvgIpc) is 2.80. The number of nitrogens with one attached hydrogen (secondary N) is 1. The van der Waals surface area contributed by atoms with Crippen molar-refractivity contribution in [3.63, 3.8) is 0 Å². The van der Waals surface area contributed by atoms with Gasteiger partial charge in [-0.25, -0.2) is 14.6 Å². The fraction of sp³-hybridized carbons (Fsp3) is 0.348. The van der Waals surface area contributed by atoms with Gasteiger partial charge in [-0.05, 0) is 25.3 Å². The van der Waals surface area contributed by atoms with Gasteiger partial charge in [0.25, 0.3) is 5.91 Å². The molecule has 1 saturated heterocycles. The van der Waals surface area contributed by atoms with Crippen LogP contribution >= 0.6 is 0 Å². The number of carbonyl (C=O) groups is 3. The van der Waals surface area contributed by atoms with Gasteiger partial charge in [0, 0.05) is 44.0 Å². The predicted octanol–water partition coefficient (Wildman–Crippen LogP) is 1.90. The highest BCUT2D eigenvalue weighted by Crippen LogP contribution is 2.17. The van der Waals surface area contributed by atoms with Crippen LogP contribution in [0.5, 0.6) is 5.88 Å². The molecule has 1 aliphatic rings. The van der Waals surface area contributed by atoms with E-state index in [1.54, 1.807) is 6.92 Å². The van der Waals surface area contributed by atoms with Crippen molar-refractivity contribution in [2.75, 3.05) is 20.2 Å². The smallest absolute Gasteiger partial charge is 0.328 e. The zero-order valence-corrected chi connectivity index (χ0v) is 18.6. The number of nitrogens with zero attached hydrogens (tertiary/aromatic N) is 3. The Labute approximate surface area is 191 Å². The zero-order chi connectivity index (χ0) is 24.2. The first-order chi connectivity index (χ1) is 15.8. The molecule has 0 bridgehead atoms. The van der Waals surface area contributed by atoms with Gasteiger partial charge >= 0.3 is 11.9 Å². The Morgan fingerprint density at radius 1 is 1.12 bits per heavy atom. The molecule has 1 aromatic heterocycles. The standard InChI is InChI=1S/C19H24N4O2.C4H4O4/c1-14-20-12-17(19(21-14)25-2)18(24)22-16-8-10-23(11-9-16)13-15-6-4-3-5-7-15;5-3(6)1-2-4(7)8/h3-7,12,16H,8-11,13H2,1-2H3,(H,22,24);1-2H,(H,5,6)(H,7,8)/b;2-1+. The second-order valence-electron chi connectivity index (χ2n) is 7.36. The summed E-state index contributed by atoms with van der Waals surface area (Å²) in [4.78, 5) is 42.3. The van der Waals surface area contributed by atoms with Crippen molar-refractivity contribution in [3.8, 4) is 5.88 Å². The van der Waals surface area contributed by atoms with Crippen LogP contribution < -0.4 is 10.1 Å². The molecule has 10 nitrogen and oxygen atoms in total. The molecule has 1 fully saturated rings. The van der Waals surface area contributed by atoms with E-state index in [2.05, 4.69) is 44.5 Å². The number of piperidine rings is 1. The molecule has 0 spiro atoms. The Hall–Kier alpha value is -3.79. The van der Waals surface area contributed by atoms with Gasteiger partial charge in [-0.3, -0.25) is 9.69 Å². The van der Waals surface area contributed by atoms with Gasteiger partial charge in [-0.2, -0.15) is 4.98 Å². The number of aryl methyl sites for hydroxylation is 1. The van der Waals surface area contributed by atoms with Gasteiger partial charge in [0.15, 0.2) is 0 Å². The van der Waals surface area contributed by atoms with E-state index in [1.807, 2.05) is 6.07 Å². The number of rotatable bonds is 7. The topological polar surface area (TPSA) is 142 Å². The van der Waals surface area contributed by atoms with Crippen molar-refractivity contribution in [2.24, 2.45) is 0 Å². The second-order valence-corrected chi connectivity index (χ2v) is 7.36. The van der Waals surface area contributed by atoms with Crippen LogP contribution in [-0.2, 0) is 16.1 Å². The van der Waals surface area contributed by atoms with E-state index < -0.39 is 11.9 Å². The van der Waals surface area contributed by atoms with Crippen LogP contribution in [-0.4, -0.2) is 69.2 Å². The van der Waals surface area contributed by atoms with Crippen LogP contribution in [0.4, 0.5) is 0 Å². The Balaban J connectivity index is 0.000000414. The first kappa shape index (κ1) is 25.5. The van der Waals surface area contributed by atoms with Gasteiger partial charge < -0.3 is 20.3 Å². The summed E-state index contributed by atoms with van der Waals surface area (Å²) in [5, 5.41) is 18.7. The van der Waals surface area contributed by atoms with Crippen molar-refractivity contribution in [2.45, 2.75) is 32.4 Å². The summed E-state index contributed by atoms with van der Waals surface area (Å²) in [6.45, 7) is 4.68.